The molecular formula is C42H72O13. The number of aliphatic hydroxyl groups is 9. The van der Waals surface area contributed by atoms with Crippen LogP contribution in [0.3, 0.4) is 0 Å². The summed E-state index contributed by atoms with van der Waals surface area (Å²) in [4.78, 5) is 0. The summed E-state index contributed by atoms with van der Waals surface area (Å²) in [5, 5.41) is 100. The third-order valence-electron chi connectivity index (χ3n) is 16.5. The lowest BCUT2D eigenvalue weighted by Crippen LogP contribution is -2.71. The Hall–Kier alpha value is -0.780. The van der Waals surface area contributed by atoms with Gasteiger partial charge < -0.3 is 64.9 Å². The summed E-state index contributed by atoms with van der Waals surface area (Å²) in [7, 11) is 0. The number of aliphatic hydroxyl groups excluding tert-OH is 8. The molecule has 2 aliphatic heterocycles. The highest BCUT2D eigenvalue weighted by Crippen LogP contribution is 2.76. The second-order valence-corrected chi connectivity index (χ2v) is 20.3. The van der Waals surface area contributed by atoms with Crippen LogP contribution in [0.15, 0.2) is 11.6 Å². The van der Waals surface area contributed by atoms with Gasteiger partial charge in [-0.3, -0.25) is 0 Å². The van der Waals surface area contributed by atoms with Crippen LogP contribution in [0.5, 0.6) is 0 Å². The minimum absolute atomic E-state index is 0.0411. The average molecular weight is 785 g/mol. The van der Waals surface area contributed by atoms with E-state index in [1.807, 2.05) is 20.8 Å². The molecule has 2 saturated heterocycles. The van der Waals surface area contributed by atoms with E-state index in [-0.39, 0.29) is 23.7 Å². The number of hydrogen-bond acceptors (Lipinski definition) is 13. The first kappa shape index (κ1) is 43.8. The van der Waals surface area contributed by atoms with Crippen molar-refractivity contribution in [3.8, 4) is 0 Å². The van der Waals surface area contributed by atoms with Gasteiger partial charge in [-0.15, -0.1) is 0 Å². The highest BCUT2D eigenvalue weighted by atomic mass is 16.8. The fourth-order valence-corrected chi connectivity index (χ4v) is 13.3. The van der Waals surface area contributed by atoms with E-state index in [9.17, 15) is 46.0 Å². The minimum Gasteiger partial charge on any atom is -0.394 e. The molecule has 55 heavy (non-hydrogen) atoms. The zero-order valence-electron chi connectivity index (χ0n) is 34.4. The van der Waals surface area contributed by atoms with Gasteiger partial charge in [0.25, 0.3) is 0 Å². The normalized spacial score (nSPS) is 53.4. The Kier molecular flexibility index (Phi) is 12.2. The standard InChI is InChI=1S/C42H72O13/c1-20(2)11-10-14-42(9,51)22-12-16-40(7)28(22)23(44)17-26-39(6)15-13-27(45)38(4,5)35(39)24(18-41(26,40)8)53-37-34(32(49)30(47)25(19-43)54-37)55-36-33(50)31(48)29(46)21(3)52-36/h11,21-37,43-51H,10,12-19H2,1-9H3/t21-,22-,23?,24?,25+,26+,27?,28-,29-,30+,31+,32-,33+,34+,35-,36-,37+,39+,40+,41+,42-/m0/s1. The Bertz CT molecular complexity index is 1390. The molecule has 318 valence electrons. The molecule has 9 N–H and O–H groups in total. The molecular weight excluding hydrogens is 712 g/mol. The summed E-state index contributed by atoms with van der Waals surface area (Å²) in [6, 6.07) is 0. The highest BCUT2D eigenvalue weighted by Gasteiger charge is 2.73. The highest BCUT2D eigenvalue weighted by molar-refractivity contribution is 5.22. The molecule has 2 heterocycles. The van der Waals surface area contributed by atoms with Crippen molar-refractivity contribution in [3.05, 3.63) is 11.6 Å². The van der Waals surface area contributed by atoms with E-state index in [2.05, 4.69) is 40.7 Å². The van der Waals surface area contributed by atoms with Crippen LogP contribution in [0, 0.1) is 45.3 Å². The van der Waals surface area contributed by atoms with E-state index in [0.29, 0.717) is 32.1 Å². The van der Waals surface area contributed by atoms with Gasteiger partial charge in [-0.25, -0.2) is 0 Å². The van der Waals surface area contributed by atoms with Crippen LogP contribution in [-0.2, 0) is 18.9 Å². The van der Waals surface area contributed by atoms with Crippen molar-refractivity contribution in [2.45, 2.75) is 199 Å². The molecule has 0 spiro atoms. The molecule has 6 fully saturated rings. The second kappa shape index (κ2) is 15.4. The van der Waals surface area contributed by atoms with Gasteiger partial charge in [-0.2, -0.15) is 0 Å². The van der Waals surface area contributed by atoms with Gasteiger partial charge in [0.05, 0.1) is 36.6 Å². The zero-order chi connectivity index (χ0) is 40.8. The maximum atomic E-state index is 12.3. The van der Waals surface area contributed by atoms with Crippen molar-refractivity contribution in [2.75, 3.05) is 6.61 Å². The van der Waals surface area contributed by atoms with Gasteiger partial charge in [-0.05, 0) is 124 Å². The molecule has 3 unspecified atom stereocenters. The third kappa shape index (κ3) is 7.10. The first-order valence-electron chi connectivity index (χ1n) is 20.8. The fourth-order valence-electron chi connectivity index (χ4n) is 13.3. The van der Waals surface area contributed by atoms with Crippen LogP contribution < -0.4 is 0 Å². The van der Waals surface area contributed by atoms with Gasteiger partial charge >= 0.3 is 0 Å². The Balaban J connectivity index is 1.38. The van der Waals surface area contributed by atoms with Crippen LogP contribution in [0.25, 0.3) is 0 Å². The monoisotopic (exact) mass is 784 g/mol. The maximum Gasteiger partial charge on any atom is 0.187 e. The maximum absolute atomic E-state index is 12.3. The van der Waals surface area contributed by atoms with E-state index in [1.165, 1.54) is 12.5 Å². The fraction of sp³-hybridized carbons (Fsp3) is 0.952. The molecule has 0 aromatic rings. The van der Waals surface area contributed by atoms with Gasteiger partial charge in [-0.1, -0.05) is 46.3 Å². The summed E-state index contributed by atoms with van der Waals surface area (Å²) in [5.74, 6) is -0.526. The Morgan fingerprint density at radius 1 is 0.818 bits per heavy atom. The zero-order valence-corrected chi connectivity index (χ0v) is 34.4. The number of rotatable bonds is 9. The van der Waals surface area contributed by atoms with Crippen LogP contribution in [0.2, 0.25) is 0 Å². The molecule has 21 atom stereocenters. The number of allylic oxidation sites excluding steroid dienone is 2. The van der Waals surface area contributed by atoms with Crippen molar-refractivity contribution in [2.24, 2.45) is 45.3 Å². The Labute approximate surface area is 327 Å². The van der Waals surface area contributed by atoms with Crippen molar-refractivity contribution in [1.82, 2.24) is 0 Å². The van der Waals surface area contributed by atoms with Crippen LogP contribution in [0.1, 0.15) is 114 Å². The lowest BCUT2D eigenvalue weighted by molar-refractivity contribution is -0.382. The Morgan fingerprint density at radius 2 is 1.49 bits per heavy atom. The third-order valence-corrected chi connectivity index (χ3v) is 16.5. The smallest absolute Gasteiger partial charge is 0.187 e. The number of fused-ring (bicyclic) bond motifs is 5. The lowest BCUT2D eigenvalue weighted by atomic mass is 9.34. The van der Waals surface area contributed by atoms with Crippen molar-refractivity contribution >= 4 is 0 Å². The molecule has 13 nitrogen and oxygen atoms in total. The number of ether oxygens (including phenoxy) is 4. The van der Waals surface area contributed by atoms with Crippen molar-refractivity contribution < 1.29 is 64.9 Å². The summed E-state index contributed by atoms with van der Waals surface area (Å²) < 4.78 is 25.1. The predicted octanol–water partition coefficient (Wildman–Crippen LogP) is 2.15. The van der Waals surface area contributed by atoms with Crippen LogP contribution in [-0.4, -0.2) is 138 Å². The largest absolute Gasteiger partial charge is 0.394 e. The molecule has 0 bridgehead atoms. The molecule has 0 aromatic carbocycles. The average Bonchev–Trinajstić information content (AvgIpc) is 3.49. The van der Waals surface area contributed by atoms with Crippen LogP contribution >= 0.6 is 0 Å². The molecule has 13 heteroatoms. The van der Waals surface area contributed by atoms with Crippen LogP contribution in [0.4, 0.5) is 0 Å². The van der Waals surface area contributed by atoms with E-state index < -0.39 is 114 Å². The second-order valence-electron chi connectivity index (χ2n) is 20.3. The van der Waals surface area contributed by atoms with E-state index in [1.54, 1.807) is 0 Å². The van der Waals surface area contributed by atoms with Crippen molar-refractivity contribution in [1.29, 1.82) is 0 Å². The first-order valence-corrected chi connectivity index (χ1v) is 20.8. The van der Waals surface area contributed by atoms with Gasteiger partial charge in [0, 0.05) is 0 Å². The van der Waals surface area contributed by atoms with Gasteiger partial charge in [0.1, 0.15) is 42.7 Å². The first-order chi connectivity index (χ1) is 25.5. The molecule has 4 aliphatic carbocycles. The lowest BCUT2D eigenvalue weighted by Gasteiger charge is -2.72. The number of hydrogen-bond donors (Lipinski definition) is 9. The summed E-state index contributed by atoms with van der Waals surface area (Å²) >= 11 is 0. The topological polar surface area (TPSA) is 219 Å². The molecule has 4 saturated carbocycles. The van der Waals surface area contributed by atoms with E-state index in [4.69, 9.17) is 18.9 Å². The molecule has 6 aliphatic rings. The van der Waals surface area contributed by atoms with E-state index >= 15 is 0 Å². The molecule has 0 amide bonds. The summed E-state index contributed by atoms with van der Waals surface area (Å²) in [6.45, 7) is 17.8. The van der Waals surface area contributed by atoms with Gasteiger partial charge in [0.15, 0.2) is 12.6 Å². The SMILES string of the molecule is CC(C)=CCC[C@](C)(O)[C@H]1CC[C@]2(C)[C@@H]1C(O)C[C@@H]1[C@@]3(C)CCC(O)C(C)(C)[C@@H]3C(O[C@@H]3O[C@H](CO)[C@@H](O)[C@H](O)[C@H]3O[C@@H]3O[C@@H](C)[C@H](O)[C@@H](O)[C@H]3O)C[C@]12C. The predicted molar refractivity (Wildman–Crippen MR) is 201 cm³/mol. The van der Waals surface area contributed by atoms with E-state index in [0.717, 1.165) is 19.3 Å². The minimum atomic E-state index is -1.70. The Morgan fingerprint density at radius 3 is 2.13 bits per heavy atom. The van der Waals surface area contributed by atoms with Gasteiger partial charge in [0.2, 0.25) is 0 Å². The molecule has 0 aromatic heterocycles. The summed E-state index contributed by atoms with van der Waals surface area (Å²) in [6.07, 6.45) is -8.99. The summed E-state index contributed by atoms with van der Waals surface area (Å²) in [5.41, 5.74) is -1.71. The molecule has 0 radical (unpaired) electrons. The van der Waals surface area contributed by atoms with Crippen molar-refractivity contribution in [3.63, 3.8) is 0 Å². The quantitative estimate of drug-likeness (QED) is 0.121. The molecule has 6 rings (SSSR count).